The lowest BCUT2D eigenvalue weighted by Crippen LogP contribution is -2.16. The monoisotopic (exact) mass is 295 g/mol. The fourth-order valence-electron chi connectivity index (χ4n) is 2.21. The van der Waals surface area contributed by atoms with Crippen LogP contribution in [0, 0.1) is 5.92 Å². The van der Waals surface area contributed by atoms with Gasteiger partial charge in [-0.3, -0.25) is 0 Å². The van der Waals surface area contributed by atoms with Gasteiger partial charge in [-0.25, -0.2) is 4.98 Å². The molecular formula is C15H19F2N3O. The highest BCUT2D eigenvalue weighted by Crippen LogP contribution is 2.23. The van der Waals surface area contributed by atoms with Crippen molar-refractivity contribution in [2.75, 3.05) is 0 Å². The number of nitrogens with two attached hydrogens (primary N) is 1. The van der Waals surface area contributed by atoms with Crippen molar-refractivity contribution in [1.29, 1.82) is 0 Å². The molecule has 0 aliphatic heterocycles. The van der Waals surface area contributed by atoms with Crippen LogP contribution in [0.2, 0.25) is 0 Å². The van der Waals surface area contributed by atoms with E-state index in [2.05, 4.69) is 23.6 Å². The normalized spacial score (nSPS) is 12.9. The predicted octanol–water partition coefficient (Wildman–Crippen LogP) is 3.52. The molecule has 2 rings (SSSR count). The third-order valence-electron chi connectivity index (χ3n) is 3.11. The molecular weight excluding hydrogens is 276 g/mol. The zero-order valence-corrected chi connectivity index (χ0v) is 12.0. The van der Waals surface area contributed by atoms with Gasteiger partial charge in [-0.1, -0.05) is 13.8 Å². The molecule has 0 amide bonds. The van der Waals surface area contributed by atoms with Crippen LogP contribution in [0.25, 0.3) is 5.69 Å². The van der Waals surface area contributed by atoms with Gasteiger partial charge in [0.15, 0.2) is 0 Å². The number of benzene rings is 1. The van der Waals surface area contributed by atoms with Crippen molar-refractivity contribution in [1.82, 2.24) is 9.55 Å². The molecule has 4 nitrogen and oxygen atoms in total. The molecule has 2 aromatic rings. The molecule has 6 heteroatoms. The molecule has 0 saturated heterocycles. The van der Waals surface area contributed by atoms with Gasteiger partial charge in [0, 0.05) is 11.7 Å². The minimum atomic E-state index is -2.82. The number of halogens is 2. The Hall–Kier alpha value is -1.95. The summed E-state index contributed by atoms with van der Waals surface area (Å²) in [7, 11) is 0. The Morgan fingerprint density at radius 2 is 1.90 bits per heavy atom. The average Bonchev–Trinajstić information content (AvgIpc) is 2.87. The van der Waals surface area contributed by atoms with Gasteiger partial charge in [-0.2, -0.15) is 8.78 Å². The standard InChI is InChI=1S/C15H19F2N3O/c1-10(2)7-13(18)14-8-19-9-20(14)11-3-5-12(6-4-11)21-15(16)17/h3-6,8-10,13,15H,7,18H2,1-2H3. The van der Waals surface area contributed by atoms with Crippen molar-refractivity contribution >= 4 is 0 Å². The number of imidazole rings is 1. The lowest BCUT2D eigenvalue weighted by atomic mass is 10.0. The molecule has 21 heavy (non-hydrogen) atoms. The fourth-order valence-corrected chi connectivity index (χ4v) is 2.21. The van der Waals surface area contributed by atoms with Crippen LogP contribution in [-0.2, 0) is 0 Å². The van der Waals surface area contributed by atoms with E-state index in [9.17, 15) is 8.78 Å². The molecule has 1 aromatic carbocycles. The Bertz CT molecular complexity index is 567. The van der Waals surface area contributed by atoms with E-state index >= 15 is 0 Å². The van der Waals surface area contributed by atoms with Crippen molar-refractivity contribution < 1.29 is 13.5 Å². The molecule has 0 radical (unpaired) electrons. The van der Waals surface area contributed by atoms with Crippen LogP contribution in [0.4, 0.5) is 8.78 Å². The highest BCUT2D eigenvalue weighted by Gasteiger charge is 2.14. The summed E-state index contributed by atoms with van der Waals surface area (Å²) in [6, 6.07) is 6.28. The van der Waals surface area contributed by atoms with Gasteiger partial charge < -0.3 is 15.0 Å². The van der Waals surface area contributed by atoms with Crippen LogP contribution < -0.4 is 10.5 Å². The maximum absolute atomic E-state index is 12.1. The Balaban J connectivity index is 2.21. The molecule has 114 valence electrons. The van der Waals surface area contributed by atoms with E-state index in [-0.39, 0.29) is 11.8 Å². The van der Waals surface area contributed by atoms with Crippen LogP contribution in [0.15, 0.2) is 36.8 Å². The summed E-state index contributed by atoms with van der Waals surface area (Å²) in [5.74, 6) is 0.604. The summed E-state index contributed by atoms with van der Waals surface area (Å²) >= 11 is 0. The third kappa shape index (κ3) is 4.01. The fraction of sp³-hybridized carbons (Fsp3) is 0.400. The number of aromatic nitrogens is 2. The van der Waals surface area contributed by atoms with Gasteiger partial charge in [0.05, 0.1) is 18.2 Å². The smallest absolute Gasteiger partial charge is 0.387 e. The van der Waals surface area contributed by atoms with Crippen LogP contribution in [-0.4, -0.2) is 16.2 Å². The van der Waals surface area contributed by atoms with Gasteiger partial charge in [0.1, 0.15) is 5.75 Å². The number of alkyl halides is 2. The number of ether oxygens (including phenoxy) is 1. The Labute approximate surface area is 122 Å². The summed E-state index contributed by atoms with van der Waals surface area (Å²) in [5, 5.41) is 0. The first kappa shape index (κ1) is 15.4. The van der Waals surface area contributed by atoms with Crippen molar-refractivity contribution in [3.8, 4) is 11.4 Å². The number of rotatable bonds is 6. The topological polar surface area (TPSA) is 53.1 Å². The molecule has 0 aliphatic rings. The lowest BCUT2D eigenvalue weighted by molar-refractivity contribution is -0.0498. The zero-order valence-electron chi connectivity index (χ0n) is 12.0. The van der Waals surface area contributed by atoms with Gasteiger partial charge >= 0.3 is 6.61 Å². The van der Waals surface area contributed by atoms with E-state index < -0.39 is 6.61 Å². The summed E-state index contributed by atoms with van der Waals surface area (Å²) in [4.78, 5) is 4.13. The highest BCUT2D eigenvalue weighted by atomic mass is 19.3. The Kier molecular flexibility index (Phi) is 4.90. The summed E-state index contributed by atoms with van der Waals surface area (Å²) < 4.78 is 30.5. The molecule has 0 spiro atoms. The van der Waals surface area contributed by atoms with Gasteiger partial charge in [0.25, 0.3) is 0 Å². The van der Waals surface area contributed by atoms with E-state index in [1.807, 2.05) is 4.57 Å². The Morgan fingerprint density at radius 1 is 1.24 bits per heavy atom. The zero-order chi connectivity index (χ0) is 15.4. The first-order valence-corrected chi connectivity index (χ1v) is 6.80. The molecule has 1 aromatic heterocycles. The molecule has 0 fully saturated rings. The average molecular weight is 295 g/mol. The quantitative estimate of drug-likeness (QED) is 0.887. The van der Waals surface area contributed by atoms with E-state index in [0.717, 1.165) is 17.8 Å². The number of hydrogen-bond donors (Lipinski definition) is 1. The van der Waals surface area contributed by atoms with Crippen molar-refractivity contribution in [2.24, 2.45) is 11.7 Å². The summed E-state index contributed by atoms with van der Waals surface area (Å²) in [6.45, 7) is 1.40. The van der Waals surface area contributed by atoms with Crippen molar-refractivity contribution in [2.45, 2.75) is 32.9 Å². The van der Waals surface area contributed by atoms with Gasteiger partial charge in [-0.05, 0) is 36.6 Å². The van der Waals surface area contributed by atoms with E-state index in [4.69, 9.17) is 5.73 Å². The summed E-state index contributed by atoms with van der Waals surface area (Å²) in [6.07, 6.45) is 4.24. The molecule has 1 atom stereocenters. The second kappa shape index (κ2) is 6.67. The largest absolute Gasteiger partial charge is 0.435 e. The van der Waals surface area contributed by atoms with Gasteiger partial charge in [-0.15, -0.1) is 0 Å². The molecule has 1 heterocycles. The lowest BCUT2D eigenvalue weighted by Gasteiger charge is -2.16. The first-order chi connectivity index (χ1) is 9.97. The highest BCUT2D eigenvalue weighted by molar-refractivity contribution is 5.39. The number of nitrogens with zero attached hydrogens (tertiary/aromatic N) is 2. The third-order valence-corrected chi connectivity index (χ3v) is 3.11. The first-order valence-electron chi connectivity index (χ1n) is 6.80. The second-order valence-corrected chi connectivity index (χ2v) is 5.30. The minimum absolute atomic E-state index is 0.121. The van der Waals surface area contributed by atoms with E-state index in [0.29, 0.717) is 5.92 Å². The van der Waals surface area contributed by atoms with Crippen LogP contribution in [0.5, 0.6) is 5.75 Å². The molecule has 1 unspecified atom stereocenters. The van der Waals surface area contributed by atoms with Gasteiger partial charge in [0.2, 0.25) is 0 Å². The van der Waals surface area contributed by atoms with E-state index in [1.54, 1.807) is 24.7 Å². The number of hydrogen-bond acceptors (Lipinski definition) is 3. The molecule has 0 bridgehead atoms. The Morgan fingerprint density at radius 3 is 2.48 bits per heavy atom. The maximum atomic E-state index is 12.1. The minimum Gasteiger partial charge on any atom is -0.435 e. The molecule has 0 saturated carbocycles. The summed E-state index contributed by atoms with van der Waals surface area (Å²) in [5.41, 5.74) is 7.89. The van der Waals surface area contributed by atoms with E-state index in [1.165, 1.54) is 12.1 Å². The molecule has 2 N–H and O–H groups in total. The maximum Gasteiger partial charge on any atom is 0.387 e. The van der Waals surface area contributed by atoms with Crippen molar-refractivity contribution in [3.63, 3.8) is 0 Å². The second-order valence-electron chi connectivity index (χ2n) is 5.30. The van der Waals surface area contributed by atoms with Crippen molar-refractivity contribution in [3.05, 3.63) is 42.5 Å². The van der Waals surface area contributed by atoms with Crippen LogP contribution in [0.1, 0.15) is 32.0 Å². The predicted molar refractivity (Wildman–Crippen MR) is 76.6 cm³/mol. The molecule has 0 aliphatic carbocycles. The SMILES string of the molecule is CC(C)CC(N)c1cncn1-c1ccc(OC(F)F)cc1. The van der Waals surface area contributed by atoms with Crippen LogP contribution >= 0.6 is 0 Å². The van der Waals surface area contributed by atoms with Crippen LogP contribution in [0.3, 0.4) is 0 Å².